The molecule has 0 radical (unpaired) electrons. The second-order valence-electron chi connectivity index (χ2n) is 5.46. The summed E-state index contributed by atoms with van der Waals surface area (Å²) in [6, 6.07) is 7.23. The van der Waals surface area contributed by atoms with E-state index in [0.29, 0.717) is 11.4 Å². The molecule has 2 aromatic rings. The van der Waals surface area contributed by atoms with Crippen LogP contribution in [0.2, 0.25) is 0 Å². The third-order valence-corrected chi connectivity index (χ3v) is 5.15. The maximum atomic E-state index is 12.4. The van der Waals surface area contributed by atoms with Crippen molar-refractivity contribution in [2.45, 2.75) is 31.7 Å². The van der Waals surface area contributed by atoms with Gasteiger partial charge in [-0.2, -0.15) is 9.98 Å². The van der Waals surface area contributed by atoms with Crippen molar-refractivity contribution in [3.05, 3.63) is 35.7 Å². The lowest BCUT2D eigenvalue weighted by Crippen LogP contribution is -2.41. The van der Waals surface area contributed by atoms with Crippen LogP contribution in [-0.4, -0.2) is 32.1 Å². The summed E-state index contributed by atoms with van der Waals surface area (Å²) in [6.45, 7) is 4.28. The first-order valence-electron chi connectivity index (χ1n) is 7.60. The number of amides is 1. The van der Waals surface area contributed by atoms with Crippen LogP contribution in [0.3, 0.4) is 0 Å². The first-order chi connectivity index (χ1) is 12.2. The van der Waals surface area contributed by atoms with Gasteiger partial charge in [-0.05, 0) is 32.9 Å². The zero-order chi connectivity index (χ0) is 19.3. The maximum Gasteiger partial charge on any atom is 0.246 e. The summed E-state index contributed by atoms with van der Waals surface area (Å²) in [6.07, 6.45) is 0. The number of nitrogens with zero attached hydrogens (tertiary/aromatic N) is 2. The van der Waals surface area contributed by atoms with Crippen LogP contribution in [-0.2, 0) is 14.8 Å². The minimum Gasteiger partial charge on any atom is -0.479 e. The van der Waals surface area contributed by atoms with Crippen LogP contribution in [0.25, 0.3) is 0 Å². The molecule has 2 rings (SSSR count). The fraction of sp³-hybridized carbons (Fsp3) is 0.312. The van der Waals surface area contributed by atoms with Crippen LogP contribution in [0.4, 0.5) is 5.69 Å². The Bertz CT molecular complexity index is 926. The van der Waals surface area contributed by atoms with Gasteiger partial charge >= 0.3 is 0 Å². The number of aryl methyl sites for hydroxylation is 2. The van der Waals surface area contributed by atoms with Gasteiger partial charge in [0, 0.05) is 11.8 Å². The van der Waals surface area contributed by atoms with Gasteiger partial charge in [-0.15, -0.1) is 0 Å². The van der Waals surface area contributed by atoms with E-state index in [4.69, 9.17) is 14.5 Å². The molecule has 26 heavy (non-hydrogen) atoms. The van der Waals surface area contributed by atoms with E-state index in [1.165, 1.54) is 26.8 Å². The Labute approximate surface area is 151 Å². The number of nitrogens with one attached hydrogen (secondary N) is 2. The van der Waals surface area contributed by atoms with Crippen molar-refractivity contribution in [2.24, 2.45) is 0 Å². The summed E-state index contributed by atoms with van der Waals surface area (Å²) in [5, 5.41) is 14.7. The van der Waals surface area contributed by atoms with Gasteiger partial charge in [0.15, 0.2) is 12.4 Å². The van der Waals surface area contributed by atoms with Crippen LogP contribution < -0.4 is 14.8 Å². The quantitative estimate of drug-likeness (QED) is 0.745. The number of carbonyl (C=O) groups excluding carboxylic acids is 1. The molecule has 2 N–H and O–H groups in total. The van der Waals surface area contributed by atoms with Crippen LogP contribution in [0.15, 0.2) is 33.7 Å². The van der Waals surface area contributed by atoms with Crippen LogP contribution in [0.5, 0.6) is 5.75 Å². The van der Waals surface area contributed by atoms with E-state index in [1.807, 2.05) is 6.07 Å². The molecule has 1 aromatic heterocycles. The average molecular weight is 378 g/mol. The molecule has 0 bridgehead atoms. The Morgan fingerprint density at radius 1 is 1.42 bits per heavy atom. The second-order valence-corrected chi connectivity index (χ2v) is 7.11. The second kappa shape index (κ2) is 7.99. The van der Waals surface area contributed by atoms with Gasteiger partial charge in [0.05, 0.1) is 6.04 Å². The number of ether oxygens (including phenoxy) is 1. The molecule has 1 aromatic carbocycles. The van der Waals surface area contributed by atoms with E-state index in [0.717, 1.165) is 0 Å². The Balaban J connectivity index is 2.07. The van der Waals surface area contributed by atoms with Crippen molar-refractivity contribution >= 4 is 21.6 Å². The van der Waals surface area contributed by atoms with Gasteiger partial charge in [0.25, 0.3) is 0 Å². The van der Waals surface area contributed by atoms with E-state index in [9.17, 15) is 13.2 Å². The molecule has 10 heteroatoms. The van der Waals surface area contributed by atoms with Crippen molar-refractivity contribution in [1.29, 1.82) is 5.26 Å². The Hall–Kier alpha value is -2.90. The summed E-state index contributed by atoms with van der Waals surface area (Å²) in [4.78, 5) is 12.2. The van der Waals surface area contributed by atoms with E-state index in [2.05, 4.69) is 15.2 Å². The van der Waals surface area contributed by atoms with Crippen molar-refractivity contribution in [2.75, 3.05) is 11.9 Å². The molecular weight excluding hydrogens is 360 g/mol. The van der Waals surface area contributed by atoms with Crippen LogP contribution >= 0.6 is 0 Å². The van der Waals surface area contributed by atoms with E-state index >= 15 is 0 Å². The summed E-state index contributed by atoms with van der Waals surface area (Å²) < 4.78 is 37.2. The van der Waals surface area contributed by atoms with E-state index in [1.54, 1.807) is 18.2 Å². The van der Waals surface area contributed by atoms with Crippen molar-refractivity contribution in [3.63, 3.8) is 0 Å². The number of aromatic nitrogens is 1. The number of benzene rings is 1. The fourth-order valence-electron chi connectivity index (χ4n) is 2.23. The van der Waals surface area contributed by atoms with E-state index in [-0.39, 0.29) is 23.0 Å². The number of rotatable bonds is 7. The fourth-order valence-corrected chi connectivity index (χ4v) is 3.77. The Morgan fingerprint density at radius 3 is 2.77 bits per heavy atom. The summed E-state index contributed by atoms with van der Waals surface area (Å²) >= 11 is 0. The van der Waals surface area contributed by atoms with Crippen LogP contribution in [0, 0.1) is 25.2 Å². The van der Waals surface area contributed by atoms with Gasteiger partial charge in [0.2, 0.25) is 15.9 Å². The Kier molecular flexibility index (Phi) is 5.97. The number of anilines is 1. The number of hydrogen-bond acceptors (Lipinski definition) is 7. The van der Waals surface area contributed by atoms with Crippen molar-refractivity contribution in [3.8, 4) is 11.8 Å². The molecule has 0 unspecified atom stereocenters. The first kappa shape index (κ1) is 19.4. The maximum absolute atomic E-state index is 12.4. The zero-order valence-corrected chi connectivity index (χ0v) is 15.3. The number of carbonyl (C=O) groups is 1. The lowest BCUT2D eigenvalue weighted by atomic mass is 10.2. The van der Waals surface area contributed by atoms with Gasteiger partial charge in [-0.25, -0.2) is 8.42 Å². The van der Waals surface area contributed by atoms with Gasteiger partial charge in [0.1, 0.15) is 22.4 Å². The minimum atomic E-state index is -3.96. The van der Waals surface area contributed by atoms with Gasteiger partial charge < -0.3 is 14.6 Å². The molecule has 138 valence electrons. The molecule has 0 fully saturated rings. The number of sulfonamides is 1. The normalized spacial score (nSPS) is 12.2. The lowest BCUT2D eigenvalue weighted by molar-refractivity contribution is -0.117. The minimum absolute atomic E-state index is 0.0796. The molecule has 1 heterocycles. The number of nitriles is 1. The SMILES string of the molecule is Cc1noc(C)c1S(=O)(=O)N[C@@H](C)C(=O)Nc1cccc(OCC#N)c1. The molecule has 0 spiro atoms. The van der Waals surface area contributed by atoms with Crippen LogP contribution in [0.1, 0.15) is 18.4 Å². The van der Waals surface area contributed by atoms with Crippen molar-refractivity contribution < 1.29 is 22.5 Å². The molecule has 1 atom stereocenters. The molecule has 9 nitrogen and oxygen atoms in total. The highest BCUT2D eigenvalue weighted by Gasteiger charge is 2.28. The standard InChI is InChI=1S/C16H18N4O5S/c1-10-15(12(3)25-19-10)26(22,23)20-11(2)16(21)18-13-5-4-6-14(9-13)24-8-7-17/h4-6,9,11,20H,8H2,1-3H3,(H,18,21)/t11-/m0/s1. The summed E-state index contributed by atoms with van der Waals surface area (Å²) in [5.74, 6) is -0.00368. The zero-order valence-electron chi connectivity index (χ0n) is 14.4. The molecule has 0 aliphatic heterocycles. The predicted molar refractivity (Wildman–Crippen MR) is 91.9 cm³/mol. The largest absolute Gasteiger partial charge is 0.479 e. The molecule has 1 amide bonds. The average Bonchev–Trinajstić information content (AvgIpc) is 2.92. The molecule has 0 aliphatic rings. The molecular formula is C16H18N4O5S. The highest BCUT2D eigenvalue weighted by molar-refractivity contribution is 7.89. The highest BCUT2D eigenvalue weighted by Crippen LogP contribution is 2.20. The monoisotopic (exact) mass is 378 g/mol. The first-order valence-corrected chi connectivity index (χ1v) is 9.09. The smallest absolute Gasteiger partial charge is 0.246 e. The predicted octanol–water partition coefficient (Wildman–Crippen LogP) is 1.50. The van der Waals surface area contributed by atoms with Gasteiger partial charge in [-0.1, -0.05) is 11.2 Å². The molecule has 0 saturated carbocycles. The molecule has 0 saturated heterocycles. The summed E-state index contributed by atoms with van der Waals surface area (Å²) in [7, 11) is -3.96. The van der Waals surface area contributed by atoms with E-state index < -0.39 is 22.0 Å². The Morgan fingerprint density at radius 2 is 2.15 bits per heavy atom. The van der Waals surface area contributed by atoms with Gasteiger partial charge in [-0.3, -0.25) is 4.79 Å². The van der Waals surface area contributed by atoms with Crippen molar-refractivity contribution in [1.82, 2.24) is 9.88 Å². The lowest BCUT2D eigenvalue weighted by Gasteiger charge is -2.14. The third-order valence-electron chi connectivity index (χ3n) is 3.37. The highest BCUT2D eigenvalue weighted by atomic mass is 32.2. The molecule has 0 aliphatic carbocycles. The summed E-state index contributed by atoms with van der Waals surface area (Å²) in [5.41, 5.74) is 0.624. The third kappa shape index (κ3) is 4.59. The topological polar surface area (TPSA) is 134 Å². The number of hydrogen-bond donors (Lipinski definition) is 2.